The summed E-state index contributed by atoms with van der Waals surface area (Å²) in [6.45, 7) is 6.66. The van der Waals surface area contributed by atoms with Crippen LogP contribution in [0, 0.1) is 13.8 Å². The van der Waals surface area contributed by atoms with E-state index in [0.717, 1.165) is 16.3 Å². The van der Waals surface area contributed by atoms with Crippen molar-refractivity contribution in [2.75, 3.05) is 7.05 Å². The molecule has 0 aliphatic carbocycles. The fourth-order valence-corrected chi connectivity index (χ4v) is 2.64. The number of likely N-dealkylation sites (N-methyl/N-ethyl adjacent to an activating group) is 1. The van der Waals surface area contributed by atoms with E-state index < -0.39 is 0 Å². The van der Waals surface area contributed by atoms with Crippen molar-refractivity contribution in [1.29, 1.82) is 0 Å². The summed E-state index contributed by atoms with van der Waals surface area (Å²) in [6.07, 6.45) is 0. The van der Waals surface area contributed by atoms with Gasteiger partial charge in [0, 0.05) is 17.5 Å². The minimum absolute atomic E-state index is 0.152. The summed E-state index contributed by atoms with van der Waals surface area (Å²) < 4.78 is 0. The van der Waals surface area contributed by atoms with Gasteiger partial charge in [-0.25, -0.2) is 4.98 Å². The number of hydrogen-bond acceptors (Lipinski definition) is 4. The van der Waals surface area contributed by atoms with E-state index in [9.17, 15) is 4.79 Å². The second-order valence-electron chi connectivity index (χ2n) is 5.18. The van der Waals surface area contributed by atoms with Gasteiger partial charge in [-0.15, -0.1) is 11.3 Å². The molecule has 0 amide bonds. The lowest BCUT2D eigenvalue weighted by Gasteiger charge is -2.22. The Morgan fingerprint density at radius 1 is 1.30 bits per heavy atom. The number of carbonyl (C=O) groups is 1. The number of benzene rings is 1. The Balaban J connectivity index is 2.04. The predicted molar refractivity (Wildman–Crippen MR) is 83.3 cm³/mol. The highest BCUT2D eigenvalue weighted by Gasteiger charge is 2.20. The Bertz CT molecular complexity index is 589. The Morgan fingerprint density at radius 3 is 2.50 bits per heavy atom. The fraction of sp³-hybridized carbons (Fsp3) is 0.375. The van der Waals surface area contributed by atoms with Crippen LogP contribution in [0.25, 0.3) is 0 Å². The van der Waals surface area contributed by atoms with Gasteiger partial charge in [-0.05, 0) is 27.8 Å². The van der Waals surface area contributed by atoms with Gasteiger partial charge < -0.3 is 0 Å². The molecule has 0 radical (unpaired) electrons. The molecule has 0 fully saturated rings. The number of rotatable bonds is 5. The summed E-state index contributed by atoms with van der Waals surface area (Å²) in [5.41, 5.74) is 2.96. The number of hydrogen-bond donors (Lipinski definition) is 0. The quantitative estimate of drug-likeness (QED) is 0.790. The molecule has 106 valence electrons. The summed E-state index contributed by atoms with van der Waals surface area (Å²) in [5, 5.41) is 3.11. The second-order valence-corrected chi connectivity index (χ2v) is 6.24. The van der Waals surface area contributed by atoms with Crippen LogP contribution in [0.5, 0.6) is 0 Å². The van der Waals surface area contributed by atoms with Crippen molar-refractivity contribution in [3.05, 3.63) is 51.5 Å². The molecule has 1 unspecified atom stereocenters. The first-order chi connectivity index (χ1) is 9.47. The first kappa shape index (κ1) is 14.9. The van der Waals surface area contributed by atoms with Crippen molar-refractivity contribution in [2.45, 2.75) is 33.4 Å². The van der Waals surface area contributed by atoms with E-state index in [1.807, 2.05) is 57.0 Å². The van der Waals surface area contributed by atoms with Gasteiger partial charge in [0.05, 0.1) is 16.7 Å². The third-order valence-electron chi connectivity index (χ3n) is 3.45. The topological polar surface area (TPSA) is 33.2 Å². The van der Waals surface area contributed by atoms with Crippen molar-refractivity contribution in [3.8, 4) is 0 Å². The molecule has 4 heteroatoms. The molecule has 0 bridgehead atoms. The highest BCUT2D eigenvalue weighted by Crippen LogP contribution is 2.14. The lowest BCUT2D eigenvalue weighted by atomic mass is 10.0. The lowest BCUT2D eigenvalue weighted by Crippen LogP contribution is -2.35. The maximum absolute atomic E-state index is 12.4. The van der Waals surface area contributed by atoms with Crippen LogP contribution >= 0.6 is 11.3 Å². The van der Waals surface area contributed by atoms with Crippen molar-refractivity contribution in [1.82, 2.24) is 9.88 Å². The molecule has 2 aromatic rings. The molecule has 0 N–H and O–H groups in total. The molecule has 1 aromatic carbocycles. The van der Waals surface area contributed by atoms with Gasteiger partial charge >= 0.3 is 0 Å². The molecule has 0 spiro atoms. The molecule has 1 aromatic heterocycles. The second kappa shape index (κ2) is 6.29. The normalized spacial score (nSPS) is 12.7. The maximum atomic E-state index is 12.4. The Morgan fingerprint density at radius 2 is 1.95 bits per heavy atom. The molecular weight excluding hydrogens is 268 g/mol. The van der Waals surface area contributed by atoms with Crippen molar-refractivity contribution >= 4 is 17.1 Å². The van der Waals surface area contributed by atoms with Crippen LogP contribution in [-0.4, -0.2) is 28.8 Å². The fourth-order valence-electron chi connectivity index (χ4n) is 2.03. The molecule has 20 heavy (non-hydrogen) atoms. The molecule has 1 atom stereocenters. The highest BCUT2D eigenvalue weighted by molar-refractivity contribution is 7.09. The van der Waals surface area contributed by atoms with E-state index in [1.165, 1.54) is 5.56 Å². The number of carbonyl (C=O) groups excluding carboxylic acids is 1. The average molecular weight is 288 g/mol. The van der Waals surface area contributed by atoms with E-state index in [-0.39, 0.29) is 11.8 Å². The highest BCUT2D eigenvalue weighted by atomic mass is 32.1. The Labute approximate surface area is 124 Å². The molecule has 0 aliphatic rings. The summed E-state index contributed by atoms with van der Waals surface area (Å²) in [4.78, 5) is 18.9. The molecule has 0 aliphatic heterocycles. The number of aryl methyl sites for hydroxylation is 2. The maximum Gasteiger partial charge on any atom is 0.179 e. The van der Waals surface area contributed by atoms with Gasteiger partial charge in [-0.3, -0.25) is 9.69 Å². The number of aromatic nitrogens is 1. The van der Waals surface area contributed by atoms with E-state index in [2.05, 4.69) is 10.4 Å². The van der Waals surface area contributed by atoms with Gasteiger partial charge in [-0.1, -0.05) is 29.8 Å². The SMILES string of the molecule is Cc1ccc(C(=O)C(C)N(C)Cc2csc(C)n2)cc1. The standard InChI is InChI=1S/C16H20N2OS/c1-11-5-7-14(8-6-11)16(19)12(2)18(4)9-15-10-20-13(3)17-15/h5-8,10,12H,9H2,1-4H3. The Kier molecular flexibility index (Phi) is 4.68. The largest absolute Gasteiger partial charge is 0.292 e. The van der Waals surface area contributed by atoms with E-state index in [1.54, 1.807) is 11.3 Å². The van der Waals surface area contributed by atoms with Crippen LogP contribution in [0.3, 0.4) is 0 Å². The van der Waals surface area contributed by atoms with E-state index in [4.69, 9.17) is 0 Å². The van der Waals surface area contributed by atoms with Crippen LogP contribution in [0.2, 0.25) is 0 Å². The Hall–Kier alpha value is -1.52. The number of Topliss-reactive ketones (excluding diaryl/α,β-unsaturated/α-hetero) is 1. The lowest BCUT2D eigenvalue weighted by molar-refractivity contribution is 0.0861. The van der Waals surface area contributed by atoms with Gasteiger partial charge in [-0.2, -0.15) is 0 Å². The first-order valence-corrected chi connectivity index (χ1v) is 7.57. The minimum Gasteiger partial charge on any atom is -0.292 e. The molecule has 2 rings (SSSR count). The molecule has 0 saturated carbocycles. The number of ketones is 1. The van der Waals surface area contributed by atoms with E-state index in [0.29, 0.717) is 6.54 Å². The molecule has 3 nitrogen and oxygen atoms in total. The van der Waals surface area contributed by atoms with Gasteiger partial charge in [0.15, 0.2) is 5.78 Å². The average Bonchev–Trinajstić information content (AvgIpc) is 2.83. The predicted octanol–water partition coefficient (Wildman–Crippen LogP) is 3.46. The molecular formula is C16H20N2OS. The summed E-state index contributed by atoms with van der Waals surface area (Å²) in [6, 6.07) is 7.59. The number of thiazole rings is 1. The van der Waals surface area contributed by atoms with Crippen LogP contribution in [0.4, 0.5) is 0 Å². The van der Waals surface area contributed by atoms with Crippen LogP contribution in [-0.2, 0) is 6.54 Å². The molecule has 0 saturated heterocycles. The smallest absolute Gasteiger partial charge is 0.179 e. The van der Waals surface area contributed by atoms with Crippen molar-refractivity contribution in [2.24, 2.45) is 0 Å². The van der Waals surface area contributed by atoms with Crippen LogP contribution in [0.1, 0.15) is 33.5 Å². The van der Waals surface area contributed by atoms with Gasteiger partial charge in [0.2, 0.25) is 0 Å². The third kappa shape index (κ3) is 3.52. The summed E-state index contributed by atoms with van der Waals surface area (Å²) in [5.74, 6) is 0.152. The monoisotopic (exact) mass is 288 g/mol. The van der Waals surface area contributed by atoms with Crippen LogP contribution in [0.15, 0.2) is 29.6 Å². The summed E-state index contributed by atoms with van der Waals surface area (Å²) in [7, 11) is 1.96. The van der Waals surface area contributed by atoms with Crippen LogP contribution < -0.4 is 0 Å². The first-order valence-electron chi connectivity index (χ1n) is 6.69. The molecule has 1 heterocycles. The zero-order valence-corrected chi connectivity index (χ0v) is 13.2. The summed E-state index contributed by atoms with van der Waals surface area (Å²) >= 11 is 1.64. The van der Waals surface area contributed by atoms with Gasteiger partial charge in [0.25, 0.3) is 0 Å². The third-order valence-corrected chi connectivity index (χ3v) is 4.28. The van der Waals surface area contributed by atoms with E-state index >= 15 is 0 Å². The zero-order chi connectivity index (χ0) is 14.7. The van der Waals surface area contributed by atoms with Crippen molar-refractivity contribution < 1.29 is 4.79 Å². The van der Waals surface area contributed by atoms with Gasteiger partial charge in [0.1, 0.15) is 0 Å². The number of nitrogens with zero attached hydrogens (tertiary/aromatic N) is 2. The van der Waals surface area contributed by atoms with Crippen molar-refractivity contribution in [3.63, 3.8) is 0 Å². The zero-order valence-electron chi connectivity index (χ0n) is 12.4. The minimum atomic E-state index is -0.153.